The number of aromatic nitrogens is 2. The van der Waals surface area contributed by atoms with E-state index in [9.17, 15) is 9.18 Å². The van der Waals surface area contributed by atoms with E-state index in [0.29, 0.717) is 11.1 Å². The molecule has 0 radical (unpaired) electrons. The molecule has 3 aromatic rings. The summed E-state index contributed by atoms with van der Waals surface area (Å²) in [5, 5.41) is 1.85. The molecule has 3 nitrogen and oxygen atoms in total. The van der Waals surface area contributed by atoms with Gasteiger partial charge in [0, 0.05) is 15.8 Å². The monoisotopic (exact) mass is 346 g/mol. The molecule has 0 saturated heterocycles. The van der Waals surface area contributed by atoms with E-state index in [4.69, 9.17) is 0 Å². The molecule has 0 atom stereocenters. The number of thiophene rings is 1. The highest BCUT2D eigenvalue weighted by molar-refractivity contribution is 8.00. The second-order valence-electron chi connectivity index (χ2n) is 5.32. The summed E-state index contributed by atoms with van der Waals surface area (Å²) >= 11 is 3.04. The predicted molar refractivity (Wildman–Crippen MR) is 93.1 cm³/mol. The van der Waals surface area contributed by atoms with Gasteiger partial charge in [0.15, 0.2) is 5.78 Å². The van der Waals surface area contributed by atoms with Gasteiger partial charge in [-0.1, -0.05) is 11.8 Å². The molecule has 0 unspecified atom stereocenters. The molecule has 6 heteroatoms. The van der Waals surface area contributed by atoms with Crippen molar-refractivity contribution in [3.63, 3.8) is 0 Å². The maximum atomic E-state index is 13.3. The fourth-order valence-electron chi connectivity index (χ4n) is 2.29. The number of halogens is 1. The largest absolute Gasteiger partial charge is 0.293 e. The van der Waals surface area contributed by atoms with Crippen LogP contribution in [0.4, 0.5) is 4.39 Å². The molecule has 23 heavy (non-hydrogen) atoms. The van der Waals surface area contributed by atoms with Crippen LogP contribution in [0.3, 0.4) is 0 Å². The van der Waals surface area contributed by atoms with Crippen LogP contribution in [0.1, 0.15) is 26.4 Å². The lowest BCUT2D eigenvalue weighted by atomic mass is 10.1. The van der Waals surface area contributed by atoms with Gasteiger partial charge in [-0.15, -0.1) is 11.3 Å². The SMILES string of the molecule is Cc1cc(C(=O)CSc2ncnc3sc(C)c(C)c23)ccc1F. The van der Waals surface area contributed by atoms with Crippen molar-refractivity contribution < 1.29 is 9.18 Å². The molecule has 1 aromatic carbocycles. The quantitative estimate of drug-likeness (QED) is 0.389. The number of thioether (sulfide) groups is 1. The van der Waals surface area contributed by atoms with Gasteiger partial charge in [-0.3, -0.25) is 4.79 Å². The van der Waals surface area contributed by atoms with Crippen molar-refractivity contribution in [3.8, 4) is 0 Å². The van der Waals surface area contributed by atoms with Gasteiger partial charge >= 0.3 is 0 Å². The topological polar surface area (TPSA) is 42.9 Å². The second-order valence-corrected chi connectivity index (χ2v) is 7.49. The second kappa shape index (κ2) is 6.37. The van der Waals surface area contributed by atoms with Gasteiger partial charge in [-0.2, -0.15) is 0 Å². The number of carbonyl (C=O) groups excluding carboxylic acids is 1. The summed E-state index contributed by atoms with van der Waals surface area (Å²) in [6.07, 6.45) is 1.53. The third-order valence-corrected chi connectivity index (χ3v) is 5.86. The van der Waals surface area contributed by atoms with Crippen LogP contribution in [0, 0.1) is 26.6 Å². The number of hydrogen-bond donors (Lipinski definition) is 0. The van der Waals surface area contributed by atoms with Gasteiger partial charge in [-0.05, 0) is 50.1 Å². The van der Waals surface area contributed by atoms with Crippen LogP contribution in [0.2, 0.25) is 0 Å². The molecular formula is C17H15FN2OS2. The third kappa shape index (κ3) is 3.14. The Morgan fingerprint density at radius 1 is 1.26 bits per heavy atom. The van der Waals surface area contributed by atoms with Crippen LogP contribution in [0.5, 0.6) is 0 Å². The van der Waals surface area contributed by atoms with Gasteiger partial charge in [0.05, 0.1) is 5.75 Å². The highest BCUT2D eigenvalue weighted by atomic mass is 32.2. The average Bonchev–Trinajstić information content (AvgIpc) is 2.83. The number of ketones is 1. The zero-order valence-electron chi connectivity index (χ0n) is 13.0. The van der Waals surface area contributed by atoms with E-state index in [1.807, 2.05) is 6.92 Å². The first kappa shape index (κ1) is 16.1. The Kier molecular flexibility index (Phi) is 4.46. The van der Waals surface area contributed by atoms with E-state index in [2.05, 4.69) is 16.9 Å². The maximum Gasteiger partial charge on any atom is 0.173 e. The van der Waals surface area contributed by atoms with Crippen molar-refractivity contribution in [2.75, 3.05) is 5.75 Å². The fraction of sp³-hybridized carbons (Fsp3) is 0.235. The summed E-state index contributed by atoms with van der Waals surface area (Å²) in [6.45, 7) is 5.76. The van der Waals surface area contributed by atoms with Crippen LogP contribution >= 0.6 is 23.1 Å². The molecule has 0 fully saturated rings. The molecule has 0 saturated carbocycles. The van der Waals surface area contributed by atoms with E-state index in [-0.39, 0.29) is 17.4 Å². The molecule has 3 rings (SSSR count). The zero-order valence-corrected chi connectivity index (χ0v) is 14.6. The minimum atomic E-state index is -0.295. The normalized spacial score (nSPS) is 11.1. The number of rotatable bonds is 4. The van der Waals surface area contributed by atoms with Gasteiger partial charge in [-0.25, -0.2) is 14.4 Å². The average molecular weight is 346 g/mol. The Morgan fingerprint density at radius 2 is 2.04 bits per heavy atom. The number of nitrogens with zero attached hydrogens (tertiary/aromatic N) is 2. The lowest BCUT2D eigenvalue weighted by molar-refractivity contribution is 0.102. The van der Waals surface area contributed by atoms with Crippen LogP contribution in [-0.4, -0.2) is 21.5 Å². The maximum absolute atomic E-state index is 13.3. The van der Waals surface area contributed by atoms with Crippen molar-refractivity contribution in [3.05, 3.63) is 51.9 Å². The highest BCUT2D eigenvalue weighted by Crippen LogP contribution is 2.34. The van der Waals surface area contributed by atoms with Crippen LogP contribution in [-0.2, 0) is 0 Å². The highest BCUT2D eigenvalue weighted by Gasteiger charge is 2.14. The molecule has 118 valence electrons. The number of carbonyl (C=O) groups is 1. The lowest BCUT2D eigenvalue weighted by Crippen LogP contribution is -2.03. The molecule has 2 heterocycles. The number of benzene rings is 1. The number of Topliss-reactive ketones (excluding diaryl/α,β-unsaturated/α-hetero) is 1. The van der Waals surface area contributed by atoms with Crippen molar-refractivity contribution in [1.82, 2.24) is 9.97 Å². The molecule has 2 aromatic heterocycles. The molecule has 0 N–H and O–H groups in total. The molecule has 0 spiro atoms. The first-order valence-electron chi connectivity index (χ1n) is 7.10. The van der Waals surface area contributed by atoms with Crippen molar-refractivity contribution in [1.29, 1.82) is 0 Å². The Labute approximate surface area is 142 Å². The Bertz CT molecular complexity index is 905. The van der Waals surface area contributed by atoms with E-state index < -0.39 is 0 Å². The smallest absolute Gasteiger partial charge is 0.173 e. The van der Waals surface area contributed by atoms with Gasteiger partial charge in [0.25, 0.3) is 0 Å². The number of aryl methyl sites for hydroxylation is 3. The van der Waals surface area contributed by atoms with Crippen molar-refractivity contribution >= 4 is 39.1 Å². The number of fused-ring (bicyclic) bond motifs is 1. The van der Waals surface area contributed by atoms with Crippen LogP contribution in [0.25, 0.3) is 10.2 Å². The lowest BCUT2D eigenvalue weighted by Gasteiger charge is -2.04. The minimum Gasteiger partial charge on any atom is -0.293 e. The number of hydrogen-bond acceptors (Lipinski definition) is 5. The fourth-order valence-corrected chi connectivity index (χ4v) is 4.31. The third-order valence-electron chi connectivity index (χ3n) is 3.75. The summed E-state index contributed by atoms with van der Waals surface area (Å²) in [7, 11) is 0. The Hall–Kier alpha value is -1.79. The Balaban J connectivity index is 1.83. The van der Waals surface area contributed by atoms with Crippen LogP contribution < -0.4 is 0 Å². The summed E-state index contributed by atoms with van der Waals surface area (Å²) in [5.41, 5.74) is 2.17. The van der Waals surface area contributed by atoms with Gasteiger partial charge in [0.1, 0.15) is 22.0 Å². The first-order valence-corrected chi connectivity index (χ1v) is 8.90. The molecule has 0 aliphatic heterocycles. The van der Waals surface area contributed by atoms with E-state index in [1.54, 1.807) is 24.3 Å². The first-order chi connectivity index (χ1) is 11.0. The molecule has 0 amide bonds. The molecular weight excluding hydrogens is 331 g/mol. The summed E-state index contributed by atoms with van der Waals surface area (Å²) in [6, 6.07) is 4.46. The van der Waals surface area contributed by atoms with E-state index >= 15 is 0 Å². The summed E-state index contributed by atoms with van der Waals surface area (Å²) < 4.78 is 13.3. The van der Waals surface area contributed by atoms with E-state index in [1.165, 1.54) is 35.1 Å². The predicted octanol–water partition coefficient (Wildman–Crippen LogP) is 4.73. The van der Waals surface area contributed by atoms with Gasteiger partial charge in [0.2, 0.25) is 0 Å². The van der Waals surface area contributed by atoms with Crippen molar-refractivity contribution in [2.24, 2.45) is 0 Å². The van der Waals surface area contributed by atoms with E-state index in [0.717, 1.165) is 20.8 Å². The van der Waals surface area contributed by atoms with Crippen molar-refractivity contribution in [2.45, 2.75) is 25.8 Å². The molecule has 0 aliphatic rings. The summed E-state index contributed by atoms with van der Waals surface area (Å²) in [4.78, 5) is 23.1. The zero-order chi connectivity index (χ0) is 16.6. The molecule has 0 bridgehead atoms. The standard InChI is InChI=1S/C17H15FN2OS2/c1-9-6-12(4-5-13(9)18)14(21)7-22-16-15-10(2)11(3)23-17(15)20-8-19-16/h4-6,8H,7H2,1-3H3. The Morgan fingerprint density at radius 3 is 2.78 bits per heavy atom. The molecule has 0 aliphatic carbocycles. The summed E-state index contributed by atoms with van der Waals surface area (Å²) in [5.74, 6) is -0.0588. The van der Waals surface area contributed by atoms with Gasteiger partial charge < -0.3 is 0 Å². The van der Waals surface area contributed by atoms with Crippen LogP contribution in [0.15, 0.2) is 29.6 Å². The minimum absolute atomic E-state index is 0.0329.